The molecule has 2 aliphatic rings. The summed E-state index contributed by atoms with van der Waals surface area (Å²) in [5.41, 5.74) is 1.16. The molecule has 1 aliphatic carbocycles. The molecule has 0 radical (unpaired) electrons. The van der Waals surface area contributed by atoms with Crippen LogP contribution in [-0.4, -0.2) is 40.8 Å². The number of likely N-dealkylation sites (tertiary alicyclic amines) is 1. The number of thiazole rings is 1. The molecule has 1 aromatic heterocycles. The largest absolute Gasteiger partial charge is 0.354 e. The van der Waals surface area contributed by atoms with Crippen molar-refractivity contribution >= 4 is 23.2 Å². The molecular formula is C18H27N3O2S. The Balaban J connectivity index is 1.48. The van der Waals surface area contributed by atoms with Gasteiger partial charge in [0.25, 0.3) is 0 Å². The van der Waals surface area contributed by atoms with Crippen LogP contribution in [0.15, 0.2) is 5.38 Å². The standard InChI is InChI=1S/C18H27N3O2S/c1-18(2,3)14-11-24-15(20-14)8-9-19-16(22)13-5-4-10-21(13)17(23)12-6-7-12/h11-13H,4-10H2,1-3H3,(H,19,22). The average Bonchev–Trinajstić information content (AvgIpc) is 3.05. The van der Waals surface area contributed by atoms with E-state index in [0.717, 1.165) is 49.4 Å². The Bertz CT molecular complexity index is 616. The lowest BCUT2D eigenvalue weighted by molar-refractivity contribution is -0.139. The quantitative estimate of drug-likeness (QED) is 0.888. The van der Waals surface area contributed by atoms with Crippen molar-refractivity contribution < 1.29 is 9.59 Å². The topological polar surface area (TPSA) is 62.3 Å². The van der Waals surface area contributed by atoms with Crippen LogP contribution in [0.4, 0.5) is 0 Å². The van der Waals surface area contributed by atoms with Gasteiger partial charge in [0.05, 0.1) is 10.7 Å². The third-order valence-corrected chi connectivity index (χ3v) is 5.63. The molecule has 5 nitrogen and oxygen atoms in total. The van der Waals surface area contributed by atoms with E-state index < -0.39 is 0 Å². The maximum Gasteiger partial charge on any atom is 0.242 e. The van der Waals surface area contributed by atoms with E-state index in [1.54, 1.807) is 16.2 Å². The van der Waals surface area contributed by atoms with Crippen molar-refractivity contribution in [2.45, 2.75) is 64.3 Å². The summed E-state index contributed by atoms with van der Waals surface area (Å²) < 4.78 is 0. The third kappa shape index (κ3) is 3.97. The number of hydrogen-bond donors (Lipinski definition) is 1. The molecule has 3 rings (SSSR count). The molecule has 1 unspecified atom stereocenters. The van der Waals surface area contributed by atoms with Crippen molar-refractivity contribution in [3.8, 4) is 0 Å². The molecular weight excluding hydrogens is 322 g/mol. The molecule has 24 heavy (non-hydrogen) atoms. The van der Waals surface area contributed by atoms with Crippen LogP contribution in [0.25, 0.3) is 0 Å². The number of hydrogen-bond acceptors (Lipinski definition) is 4. The minimum absolute atomic E-state index is 0.00546. The number of aromatic nitrogens is 1. The zero-order chi connectivity index (χ0) is 17.3. The monoisotopic (exact) mass is 349 g/mol. The molecule has 6 heteroatoms. The lowest BCUT2D eigenvalue weighted by Gasteiger charge is -2.23. The zero-order valence-electron chi connectivity index (χ0n) is 14.8. The second-order valence-corrected chi connectivity index (χ2v) is 8.82. The van der Waals surface area contributed by atoms with E-state index in [2.05, 4.69) is 36.5 Å². The highest BCUT2D eigenvalue weighted by Crippen LogP contribution is 2.33. The molecule has 1 aliphatic heterocycles. The first-order valence-electron chi connectivity index (χ1n) is 8.89. The first-order valence-corrected chi connectivity index (χ1v) is 9.77. The van der Waals surface area contributed by atoms with E-state index in [1.165, 1.54) is 0 Å². The molecule has 1 atom stereocenters. The lowest BCUT2D eigenvalue weighted by atomic mass is 9.93. The van der Waals surface area contributed by atoms with Gasteiger partial charge < -0.3 is 10.2 Å². The minimum Gasteiger partial charge on any atom is -0.354 e. The number of carbonyl (C=O) groups is 2. The van der Waals surface area contributed by atoms with Gasteiger partial charge in [0.1, 0.15) is 6.04 Å². The van der Waals surface area contributed by atoms with E-state index in [0.29, 0.717) is 6.54 Å². The number of nitrogens with zero attached hydrogens (tertiary/aromatic N) is 2. The summed E-state index contributed by atoms with van der Waals surface area (Å²) >= 11 is 1.65. The Morgan fingerprint density at radius 2 is 2.08 bits per heavy atom. The number of rotatable bonds is 5. The van der Waals surface area contributed by atoms with E-state index in [9.17, 15) is 9.59 Å². The van der Waals surface area contributed by atoms with Gasteiger partial charge in [-0.15, -0.1) is 11.3 Å². The molecule has 1 saturated carbocycles. The molecule has 1 saturated heterocycles. The van der Waals surface area contributed by atoms with Gasteiger partial charge in [0.2, 0.25) is 11.8 Å². The molecule has 132 valence electrons. The Hall–Kier alpha value is -1.43. The summed E-state index contributed by atoms with van der Waals surface area (Å²) in [7, 11) is 0. The minimum atomic E-state index is -0.264. The van der Waals surface area contributed by atoms with E-state index in [1.807, 2.05) is 0 Å². The summed E-state index contributed by atoms with van der Waals surface area (Å²) in [5.74, 6) is 0.362. The number of nitrogens with one attached hydrogen (secondary N) is 1. The first kappa shape index (κ1) is 17.4. The molecule has 2 amide bonds. The van der Waals surface area contributed by atoms with Gasteiger partial charge in [-0.2, -0.15) is 0 Å². The molecule has 1 aromatic rings. The van der Waals surface area contributed by atoms with Crippen LogP contribution in [0.2, 0.25) is 0 Å². The SMILES string of the molecule is CC(C)(C)c1csc(CCNC(=O)C2CCCN2C(=O)C2CC2)n1. The molecule has 0 spiro atoms. The lowest BCUT2D eigenvalue weighted by Crippen LogP contribution is -2.46. The Kier molecular flexibility index (Phi) is 4.95. The van der Waals surface area contributed by atoms with Gasteiger partial charge in [-0.25, -0.2) is 4.98 Å². The molecule has 0 aromatic carbocycles. The summed E-state index contributed by atoms with van der Waals surface area (Å²) in [4.78, 5) is 31.1. The molecule has 0 bridgehead atoms. The maximum absolute atomic E-state index is 12.4. The highest BCUT2D eigenvalue weighted by atomic mass is 32.1. The van der Waals surface area contributed by atoms with Crippen LogP contribution < -0.4 is 5.32 Å². The second kappa shape index (κ2) is 6.82. The van der Waals surface area contributed by atoms with E-state index >= 15 is 0 Å². The van der Waals surface area contributed by atoms with E-state index in [-0.39, 0.29) is 29.2 Å². The van der Waals surface area contributed by atoms with Crippen LogP contribution in [0.5, 0.6) is 0 Å². The maximum atomic E-state index is 12.4. The third-order valence-electron chi connectivity index (χ3n) is 4.72. The normalized spacial score (nSPS) is 21.1. The summed E-state index contributed by atoms with van der Waals surface area (Å²) in [6.07, 6.45) is 4.44. The number of carbonyl (C=O) groups excluding carboxylic acids is 2. The summed E-state index contributed by atoms with van der Waals surface area (Å²) in [5, 5.41) is 6.15. The fourth-order valence-electron chi connectivity index (χ4n) is 3.05. The van der Waals surface area contributed by atoms with Crippen molar-refractivity contribution in [1.82, 2.24) is 15.2 Å². The van der Waals surface area contributed by atoms with Crippen LogP contribution >= 0.6 is 11.3 Å². The second-order valence-electron chi connectivity index (χ2n) is 7.88. The van der Waals surface area contributed by atoms with Crippen molar-refractivity contribution in [2.75, 3.05) is 13.1 Å². The molecule has 2 fully saturated rings. The predicted molar refractivity (Wildman–Crippen MR) is 95.0 cm³/mol. The smallest absolute Gasteiger partial charge is 0.242 e. The highest BCUT2D eigenvalue weighted by molar-refractivity contribution is 7.09. The van der Waals surface area contributed by atoms with Gasteiger partial charge in [-0.1, -0.05) is 20.8 Å². The Labute approximate surface area is 147 Å². The summed E-state index contributed by atoms with van der Waals surface area (Å²) in [6, 6.07) is -0.264. The van der Waals surface area contributed by atoms with Gasteiger partial charge >= 0.3 is 0 Å². The predicted octanol–water partition coefficient (Wildman–Crippen LogP) is 2.50. The van der Waals surface area contributed by atoms with Gasteiger partial charge in [-0.3, -0.25) is 9.59 Å². The first-order chi connectivity index (χ1) is 11.4. The van der Waals surface area contributed by atoms with Crippen LogP contribution in [0.3, 0.4) is 0 Å². The fraction of sp³-hybridized carbons (Fsp3) is 0.722. The van der Waals surface area contributed by atoms with Gasteiger partial charge in [-0.05, 0) is 25.7 Å². The van der Waals surface area contributed by atoms with E-state index in [4.69, 9.17) is 0 Å². The Morgan fingerprint density at radius 1 is 1.33 bits per heavy atom. The van der Waals surface area contributed by atoms with Crippen molar-refractivity contribution in [3.63, 3.8) is 0 Å². The van der Waals surface area contributed by atoms with Crippen LogP contribution in [-0.2, 0) is 21.4 Å². The van der Waals surface area contributed by atoms with Crippen molar-refractivity contribution in [1.29, 1.82) is 0 Å². The van der Waals surface area contributed by atoms with Crippen LogP contribution in [0, 0.1) is 5.92 Å². The van der Waals surface area contributed by atoms with Crippen molar-refractivity contribution in [3.05, 3.63) is 16.1 Å². The van der Waals surface area contributed by atoms with Crippen molar-refractivity contribution in [2.24, 2.45) is 5.92 Å². The fourth-order valence-corrected chi connectivity index (χ4v) is 4.07. The average molecular weight is 350 g/mol. The van der Waals surface area contributed by atoms with Gasteiger partial charge in [0, 0.05) is 36.2 Å². The Morgan fingerprint density at radius 3 is 2.71 bits per heavy atom. The van der Waals surface area contributed by atoms with Gasteiger partial charge in [0.15, 0.2) is 0 Å². The zero-order valence-corrected chi connectivity index (χ0v) is 15.6. The highest BCUT2D eigenvalue weighted by Gasteiger charge is 2.40. The van der Waals surface area contributed by atoms with Crippen LogP contribution in [0.1, 0.15) is 57.2 Å². The molecule has 1 N–H and O–H groups in total. The summed E-state index contributed by atoms with van der Waals surface area (Å²) in [6.45, 7) is 7.77. The molecule has 2 heterocycles. The number of amides is 2.